The summed E-state index contributed by atoms with van der Waals surface area (Å²) in [6, 6.07) is 9.78. The molecule has 2 aliphatic heterocycles. The van der Waals surface area contributed by atoms with E-state index in [1.54, 1.807) is 6.07 Å². The lowest BCUT2D eigenvalue weighted by Gasteiger charge is -2.35. The second-order valence-electron chi connectivity index (χ2n) is 9.63. The number of nitrogens with one attached hydrogen (secondary N) is 1. The molecule has 0 spiro atoms. The van der Waals surface area contributed by atoms with Crippen LogP contribution in [0.4, 0.5) is 18.4 Å². The van der Waals surface area contributed by atoms with Gasteiger partial charge in [0.2, 0.25) is 0 Å². The SMILES string of the molecule is O=C(N[C@@H]1CCN(C2CCC(c3ccccc3O)CC2)C1)N1C(=O)OC[C@@H]1c1ccc(F)c(F)c1. The third-order valence-electron chi connectivity index (χ3n) is 7.56. The van der Waals surface area contributed by atoms with E-state index in [-0.39, 0.29) is 12.6 Å². The number of carbonyl (C=O) groups excluding carboxylic acids is 2. The molecule has 0 bridgehead atoms. The molecule has 7 nitrogen and oxygen atoms in total. The first-order chi connectivity index (χ1) is 16.9. The van der Waals surface area contributed by atoms with E-state index in [9.17, 15) is 23.5 Å². The summed E-state index contributed by atoms with van der Waals surface area (Å²) >= 11 is 0. The lowest BCUT2D eigenvalue weighted by molar-refractivity contribution is 0.155. The molecule has 3 amide bonds. The lowest BCUT2D eigenvalue weighted by atomic mass is 9.81. The zero-order valence-corrected chi connectivity index (χ0v) is 19.3. The van der Waals surface area contributed by atoms with Crippen LogP contribution in [0.15, 0.2) is 42.5 Å². The van der Waals surface area contributed by atoms with Crippen LogP contribution < -0.4 is 5.32 Å². The molecule has 186 valence electrons. The molecule has 35 heavy (non-hydrogen) atoms. The number of phenols is 1. The first-order valence-electron chi connectivity index (χ1n) is 12.1. The topological polar surface area (TPSA) is 82.1 Å². The minimum Gasteiger partial charge on any atom is -0.508 e. The summed E-state index contributed by atoms with van der Waals surface area (Å²) in [6.45, 7) is 1.44. The lowest BCUT2D eigenvalue weighted by Crippen LogP contribution is -2.47. The van der Waals surface area contributed by atoms with Crippen molar-refractivity contribution in [2.24, 2.45) is 0 Å². The Bertz CT molecular complexity index is 1110. The predicted molar refractivity (Wildman–Crippen MR) is 124 cm³/mol. The van der Waals surface area contributed by atoms with Crippen molar-refractivity contribution in [3.8, 4) is 5.75 Å². The molecule has 2 atom stereocenters. The number of aromatic hydroxyl groups is 1. The van der Waals surface area contributed by atoms with Gasteiger partial charge in [-0.15, -0.1) is 0 Å². The number of rotatable bonds is 4. The summed E-state index contributed by atoms with van der Waals surface area (Å²) in [6.07, 6.45) is 4.03. The van der Waals surface area contributed by atoms with Crippen molar-refractivity contribution in [3.05, 3.63) is 65.2 Å². The van der Waals surface area contributed by atoms with Gasteiger partial charge in [0.05, 0.1) is 0 Å². The Morgan fingerprint density at radius 2 is 1.80 bits per heavy atom. The molecule has 9 heteroatoms. The van der Waals surface area contributed by atoms with E-state index in [0.717, 1.165) is 61.2 Å². The zero-order chi connectivity index (χ0) is 24.5. The number of imide groups is 1. The molecule has 2 aromatic carbocycles. The highest BCUT2D eigenvalue weighted by Crippen LogP contribution is 2.39. The number of phenolic OH excluding ortho intramolecular Hbond substituents is 1. The number of ether oxygens (including phenoxy) is 1. The number of para-hydroxylation sites is 1. The number of hydrogen-bond donors (Lipinski definition) is 2. The number of urea groups is 1. The van der Waals surface area contributed by atoms with Gasteiger partial charge in [0.15, 0.2) is 11.6 Å². The summed E-state index contributed by atoms with van der Waals surface area (Å²) < 4.78 is 32.1. The minimum atomic E-state index is -1.04. The molecular formula is C26H29F2N3O4. The second kappa shape index (κ2) is 9.81. The summed E-state index contributed by atoms with van der Waals surface area (Å²) in [7, 11) is 0. The van der Waals surface area contributed by atoms with Crippen LogP contribution in [-0.4, -0.2) is 58.8 Å². The molecule has 5 rings (SSSR count). The van der Waals surface area contributed by atoms with Crippen LogP contribution in [-0.2, 0) is 4.74 Å². The summed E-state index contributed by atoms with van der Waals surface area (Å²) in [5, 5.41) is 13.1. The largest absolute Gasteiger partial charge is 0.508 e. The summed E-state index contributed by atoms with van der Waals surface area (Å²) in [5.41, 5.74) is 1.32. The van der Waals surface area contributed by atoms with Crippen molar-refractivity contribution in [2.75, 3.05) is 19.7 Å². The van der Waals surface area contributed by atoms with Crippen LogP contribution in [0.1, 0.15) is 55.2 Å². The molecule has 2 aromatic rings. The van der Waals surface area contributed by atoms with Gasteiger partial charge in [0.1, 0.15) is 18.4 Å². The van der Waals surface area contributed by atoms with Gasteiger partial charge in [-0.3, -0.25) is 4.90 Å². The van der Waals surface area contributed by atoms with Crippen molar-refractivity contribution in [1.29, 1.82) is 0 Å². The normalized spacial score (nSPS) is 27.1. The van der Waals surface area contributed by atoms with E-state index in [1.807, 2.05) is 18.2 Å². The molecular weight excluding hydrogens is 456 g/mol. The van der Waals surface area contributed by atoms with Gasteiger partial charge in [0, 0.05) is 25.2 Å². The molecule has 3 aliphatic rings. The van der Waals surface area contributed by atoms with Crippen LogP contribution in [0, 0.1) is 11.6 Å². The summed E-state index contributed by atoms with van der Waals surface area (Å²) in [4.78, 5) is 28.6. The van der Waals surface area contributed by atoms with Gasteiger partial charge in [-0.05, 0) is 67.3 Å². The standard InChI is InChI=1S/C26H29F2N3O4/c27-21-10-7-17(13-22(21)28)23-15-35-26(34)31(23)25(33)29-18-11-12-30(14-18)19-8-5-16(6-9-19)20-3-1-2-4-24(20)32/h1-4,7,10,13,16,18-19,23,32H,5-6,8-9,11-12,14-15H2,(H,29,33)/t16?,18-,19?,23-/m1/s1. The number of nitrogens with zero attached hydrogens (tertiary/aromatic N) is 2. The van der Waals surface area contributed by atoms with Crippen LogP contribution in [0.5, 0.6) is 5.75 Å². The van der Waals surface area contributed by atoms with Crippen molar-refractivity contribution < 1.29 is 28.2 Å². The average Bonchev–Trinajstić information content (AvgIpc) is 3.48. The minimum absolute atomic E-state index is 0.103. The Balaban J connectivity index is 1.16. The van der Waals surface area contributed by atoms with Gasteiger partial charge in [-0.2, -0.15) is 0 Å². The maximum Gasteiger partial charge on any atom is 0.418 e. The van der Waals surface area contributed by atoms with Gasteiger partial charge in [0.25, 0.3) is 0 Å². The number of halogens is 2. The molecule has 1 aliphatic carbocycles. The fourth-order valence-corrected chi connectivity index (χ4v) is 5.68. The van der Waals surface area contributed by atoms with E-state index in [2.05, 4.69) is 10.2 Å². The van der Waals surface area contributed by atoms with Crippen LogP contribution in [0.3, 0.4) is 0 Å². The third-order valence-corrected chi connectivity index (χ3v) is 7.56. The number of likely N-dealkylation sites (tertiary alicyclic amines) is 1. The van der Waals surface area contributed by atoms with Crippen LogP contribution in [0.25, 0.3) is 0 Å². The monoisotopic (exact) mass is 485 g/mol. The van der Waals surface area contributed by atoms with Gasteiger partial charge >= 0.3 is 12.1 Å². The smallest absolute Gasteiger partial charge is 0.418 e. The Morgan fingerprint density at radius 3 is 2.54 bits per heavy atom. The van der Waals surface area contributed by atoms with Crippen molar-refractivity contribution in [1.82, 2.24) is 15.1 Å². The average molecular weight is 486 g/mol. The number of cyclic esters (lactones) is 1. The van der Waals surface area contributed by atoms with Crippen molar-refractivity contribution >= 4 is 12.1 Å². The molecule has 1 saturated carbocycles. The summed E-state index contributed by atoms with van der Waals surface area (Å²) in [5.74, 6) is -1.30. The number of benzene rings is 2. The van der Waals surface area contributed by atoms with Crippen LogP contribution >= 0.6 is 0 Å². The highest BCUT2D eigenvalue weighted by atomic mass is 19.2. The zero-order valence-electron chi connectivity index (χ0n) is 19.3. The highest BCUT2D eigenvalue weighted by molar-refractivity contribution is 5.92. The fraction of sp³-hybridized carbons (Fsp3) is 0.462. The Kier molecular flexibility index (Phi) is 6.60. The molecule has 0 aromatic heterocycles. The molecule has 3 fully saturated rings. The first-order valence-corrected chi connectivity index (χ1v) is 12.1. The van der Waals surface area contributed by atoms with Crippen molar-refractivity contribution in [2.45, 2.75) is 56.1 Å². The Labute approximate surface area is 202 Å². The maximum absolute atomic E-state index is 13.7. The van der Waals surface area contributed by atoms with Crippen molar-refractivity contribution in [3.63, 3.8) is 0 Å². The maximum atomic E-state index is 13.7. The Hall–Kier alpha value is -3.20. The molecule has 2 heterocycles. The van der Waals surface area contributed by atoms with Gasteiger partial charge in [-0.1, -0.05) is 24.3 Å². The highest BCUT2D eigenvalue weighted by Gasteiger charge is 2.41. The van der Waals surface area contributed by atoms with E-state index in [0.29, 0.717) is 29.8 Å². The first kappa shape index (κ1) is 23.5. The number of amides is 3. The molecule has 0 unspecified atom stereocenters. The third kappa shape index (κ3) is 4.82. The van der Waals surface area contributed by atoms with Crippen LogP contribution in [0.2, 0.25) is 0 Å². The van der Waals surface area contributed by atoms with E-state index in [1.165, 1.54) is 6.07 Å². The Morgan fingerprint density at radius 1 is 1.03 bits per heavy atom. The predicted octanol–water partition coefficient (Wildman–Crippen LogP) is 4.67. The van der Waals surface area contributed by atoms with Gasteiger partial charge in [-0.25, -0.2) is 23.3 Å². The second-order valence-corrected chi connectivity index (χ2v) is 9.63. The van der Waals surface area contributed by atoms with Gasteiger partial charge < -0.3 is 15.2 Å². The van der Waals surface area contributed by atoms with E-state index in [4.69, 9.17) is 4.74 Å². The van der Waals surface area contributed by atoms with E-state index < -0.39 is 29.8 Å². The number of hydrogen-bond acceptors (Lipinski definition) is 5. The molecule has 2 saturated heterocycles. The number of carbonyl (C=O) groups is 2. The fourth-order valence-electron chi connectivity index (χ4n) is 5.68. The molecule has 2 N–H and O–H groups in total. The quantitative estimate of drug-likeness (QED) is 0.658. The molecule has 0 radical (unpaired) electrons. The van der Waals surface area contributed by atoms with E-state index >= 15 is 0 Å².